The summed E-state index contributed by atoms with van der Waals surface area (Å²) in [6.07, 6.45) is 3.65. The summed E-state index contributed by atoms with van der Waals surface area (Å²) in [4.78, 5) is 17.8. The van der Waals surface area contributed by atoms with Crippen molar-refractivity contribution >= 4 is 28.9 Å². The molecule has 1 aliphatic heterocycles. The lowest BCUT2D eigenvalue weighted by molar-refractivity contribution is -0.117. The molecule has 0 saturated heterocycles. The van der Waals surface area contributed by atoms with Gasteiger partial charge in [0.25, 0.3) is 0 Å². The Labute approximate surface area is 115 Å². The van der Waals surface area contributed by atoms with Crippen LogP contribution in [0, 0.1) is 0 Å². The highest BCUT2D eigenvalue weighted by Crippen LogP contribution is 2.32. The zero-order valence-corrected chi connectivity index (χ0v) is 10.9. The number of fused-ring (bicyclic) bond motifs is 1. The van der Waals surface area contributed by atoms with E-state index in [-0.39, 0.29) is 5.91 Å². The molecule has 1 aromatic carbocycles. The standard InChI is InChI=1S/C14H12ClN3O/c15-12-7-17-4-3-9(12)8-18-13-2-1-11(16)5-10(13)6-14(18)19/h1-5,7H,6,8,16H2. The van der Waals surface area contributed by atoms with Crippen molar-refractivity contribution < 1.29 is 4.79 Å². The second kappa shape index (κ2) is 4.55. The van der Waals surface area contributed by atoms with Crippen molar-refractivity contribution in [1.29, 1.82) is 0 Å². The highest BCUT2D eigenvalue weighted by molar-refractivity contribution is 6.31. The average molecular weight is 274 g/mol. The second-order valence-corrected chi connectivity index (χ2v) is 4.92. The largest absolute Gasteiger partial charge is 0.399 e. The highest BCUT2D eigenvalue weighted by atomic mass is 35.5. The fourth-order valence-corrected chi connectivity index (χ4v) is 2.46. The molecule has 5 heteroatoms. The lowest BCUT2D eigenvalue weighted by atomic mass is 10.1. The molecule has 0 bridgehead atoms. The third-order valence-electron chi connectivity index (χ3n) is 3.22. The first-order valence-corrected chi connectivity index (χ1v) is 6.30. The zero-order valence-electron chi connectivity index (χ0n) is 10.1. The summed E-state index contributed by atoms with van der Waals surface area (Å²) in [5.41, 5.74) is 9.18. The van der Waals surface area contributed by atoms with Crippen molar-refractivity contribution in [3.8, 4) is 0 Å². The maximum Gasteiger partial charge on any atom is 0.231 e. The van der Waals surface area contributed by atoms with Crippen LogP contribution in [-0.4, -0.2) is 10.9 Å². The van der Waals surface area contributed by atoms with Crippen molar-refractivity contribution in [3.05, 3.63) is 52.8 Å². The van der Waals surface area contributed by atoms with Gasteiger partial charge in [0.2, 0.25) is 5.91 Å². The average Bonchev–Trinajstić information content (AvgIpc) is 2.68. The van der Waals surface area contributed by atoms with Gasteiger partial charge in [0.05, 0.1) is 18.0 Å². The van der Waals surface area contributed by atoms with E-state index in [9.17, 15) is 4.79 Å². The van der Waals surface area contributed by atoms with Crippen molar-refractivity contribution in [2.75, 3.05) is 10.6 Å². The van der Waals surface area contributed by atoms with Gasteiger partial charge in [-0.25, -0.2) is 0 Å². The minimum Gasteiger partial charge on any atom is -0.399 e. The molecule has 2 aromatic rings. The number of amides is 1. The number of aromatic nitrogens is 1. The number of hydrogen-bond acceptors (Lipinski definition) is 3. The first-order valence-electron chi connectivity index (χ1n) is 5.92. The highest BCUT2D eigenvalue weighted by Gasteiger charge is 2.27. The maximum atomic E-state index is 12.1. The van der Waals surface area contributed by atoms with Gasteiger partial charge >= 0.3 is 0 Å². The van der Waals surface area contributed by atoms with E-state index in [0.29, 0.717) is 23.7 Å². The molecule has 0 unspecified atom stereocenters. The molecule has 0 fully saturated rings. The molecule has 2 heterocycles. The molecule has 19 heavy (non-hydrogen) atoms. The SMILES string of the molecule is Nc1ccc2c(c1)CC(=O)N2Cc1ccncc1Cl. The van der Waals surface area contributed by atoms with Gasteiger partial charge < -0.3 is 10.6 Å². The lowest BCUT2D eigenvalue weighted by Gasteiger charge is -2.18. The summed E-state index contributed by atoms with van der Waals surface area (Å²) in [5.74, 6) is 0.0634. The summed E-state index contributed by atoms with van der Waals surface area (Å²) < 4.78 is 0. The minimum absolute atomic E-state index is 0.0634. The molecule has 0 atom stereocenters. The zero-order chi connectivity index (χ0) is 13.4. The van der Waals surface area contributed by atoms with Crippen LogP contribution in [0.3, 0.4) is 0 Å². The van der Waals surface area contributed by atoms with Gasteiger partial charge in [0, 0.05) is 23.8 Å². The molecule has 0 radical (unpaired) electrons. The van der Waals surface area contributed by atoms with E-state index in [1.807, 2.05) is 18.2 Å². The molecule has 0 spiro atoms. The molecular formula is C14H12ClN3O. The van der Waals surface area contributed by atoms with E-state index in [2.05, 4.69) is 4.98 Å². The van der Waals surface area contributed by atoms with Crippen LogP contribution in [0.25, 0.3) is 0 Å². The Morgan fingerprint density at radius 3 is 3.00 bits per heavy atom. The van der Waals surface area contributed by atoms with Crippen molar-refractivity contribution in [2.45, 2.75) is 13.0 Å². The van der Waals surface area contributed by atoms with Crippen LogP contribution in [0.4, 0.5) is 11.4 Å². The Morgan fingerprint density at radius 2 is 2.21 bits per heavy atom. The smallest absolute Gasteiger partial charge is 0.231 e. The third-order valence-corrected chi connectivity index (χ3v) is 3.56. The Morgan fingerprint density at radius 1 is 1.37 bits per heavy atom. The summed E-state index contributed by atoms with van der Waals surface area (Å²) >= 11 is 6.08. The third kappa shape index (κ3) is 2.15. The van der Waals surface area contributed by atoms with Gasteiger partial charge in [-0.15, -0.1) is 0 Å². The van der Waals surface area contributed by atoms with Crippen molar-refractivity contribution in [1.82, 2.24) is 4.98 Å². The van der Waals surface area contributed by atoms with Gasteiger partial charge in [-0.2, -0.15) is 0 Å². The van der Waals surface area contributed by atoms with Gasteiger partial charge in [-0.05, 0) is 35.4 Å². The van der Waals surface area contributed by atoms with Crippen LogP contribution in [0.15, 0.2) is 36.7 Å². The number of benzene rings is 1. The maximum absolute atomic E-state index is 12.1. The summed E-state index contributed by atoms with van der Waals surface area (Å²) in [6.45, 7) is 0.455. The van der Waals surface area contributed by atoms with Gasteiger partial charge in [-0.3, -0.25) is 9.78 Å². The molecule has 1 aliphatic rings. The van der Waals surface area contributed by atoms with Crippen LogP contribution in [0.5, 0.6) is 0 Å². The van der Waals surface area contributed by atoms with Crippen LogP contribution in [-0.2, 0) is 17.8 Å². The summed E-state index contributed by atoms with van der Waals surface area (Å²) in [6, 6.07) is 7.36. The van der Waals surface area contributed by atoms with Gasteiger partial charge in [0.15, 0.2) is 0 Å². The molecule has 2 N–H and O–H groups in total. The van der Waals surface area contributed by atoms with Gasteiger partial charge in [-0.1, -0.05) is 11.6 Å². The predicted molar refractivity (Wildman–Crippen MR) is 75.0 cm³/mol. The van der Waals surface area contributed by atoms with E-state index in [0.717, 1.165) is 16.8 Å². The fraction of sp³-hybridized carbons (Fsp3) is 0.143. The monoisotopic (exact) mass is 273 g/mol. The van der Waals surface area contributed by atoms with E-state index >= 15 is 0 Å². The van der Waals surface area contributed by atoms with Crippen molar-refractivity contribution in [2.24, 2.45) is 0 Å². The van der Waals surface area contributed by atoms with E-state index in [4.69, 9.17) is 17.3 Å². The number of halogens is 1. The van der Waals surface area contributed by atoms with Crippen LogP contribution < -0.4 is 10.6 Å². The first-order chi connectivity index (χ1) is 9.15. The molecule has 1 amide bonds. The Bertz CT molecular complexity index is 657. The first kappa shape index (κ1) is 12.0. The van der Waals surface area contributed by atoms with Crippen LogP contribution in [0.1, 0.15) is 11.1 Å². The fourth-order valence-electron chi connectivity index (χ4n) is 2.28. The Kier molecular flexibility index (Phi) is 2.87. The minimum atomic E-state index is 0.0634. The lowest BCUT2D eigenvalue weighted by Crippen LogP contribution is -2.26. The Hall–Kier alpha value is -2.07. The quantitative estimate of drug-likeness (QED) is 0.855. The number of anilines is 2. The molecule has 3 rings (SSSR count). The molecular weight excluding hydrogens is 262 g/mol. The number of hydrogen-bond donors (Lipinski definition) is 1. The number of carbonyl (C=O) groups excluding carboxylic acids is 1. The van der Waals surface area contributed by atoms with E-state index in [1.165, 1.54) is 0 Å². The van der Waals surface area contributed by atoms with Crippen molar-refractivity contribution in [3.63, 3.8) is 0 Å². The topological polar surface area (TPSA) is 59.2 Å². The van der Waals surface area contributed by atoms with Crippen LogP contribution in [0.2, 0.25) is 5.02 Å². The van der Waals surface area contributed by atoms with E-state index in [1.54, 1.807) is 23.4 Å². The van der Waals surface area contributed by atoms with Crippen LogP contribution >= 0.6 is 11.6 Å². The number of nitrogens with zero attached hydrogens (tertiary/aromatic N) is 2. The molecule has 1 aromatic heterocycles. The second-order valence-electron chi connectivity index (χ2n) is 4.51. The predicted octanol–water partition coefficient (Wildman–Crippen LogP) is 2.41. The number of pyridine rings is 1. The molecule has 0 aliphatic carbocycles. The summed E-state index contributed by atoms with van der Waals surface area (Å²) in [5, 5.41) is 0.569. The van der Waals surface area contributed by atoms with E-state index < -0.39 is 0 Å². The number of nitrogens with two attached hydrogens (primary N) is 1. The molecule has 0 saturated carbocycles. The molecule has 4 nitrogen and oxygen atoms in total. The number of nitrogen functional groups attached to an aromatic ring is 1. The number of rotatable bonds is 2. The normalized spacial score (nSPS) is 13.7. The summed E-state index contributed by atoms with van der Waals surface area (Å²) in [7, 11) is 0. The molecule has 96 valence electrons. The van der Waals surface area contributed by atoms with Gasteiger partial charge in [0.1, 0.15) is 0 Å². The number of carbonyl (C=O) groups is 1. The Balaban J connectivity index is 1.95.